The average molecular weight is 230 g/mol. The van der Waals surface area contributed by atoms with E-state index in [0.29, 0.717) is 11.3 Å². The van der Waals surface area contributed by atoms with Gasteiger partial charge in [0, 0.05) is 37.3 Å². The van der Waals surface area contributed by atoms with Crippen molar-refractivity contribution in [2.24, 2.45) is 5.41 Å². The van der Waals surface area contributed by atoms with Crippen molar-refractivity contribution in [3.63, 3.8) is 0 Å². The molecule has 0 bridgehead atoms. The van der Waals surface area contributed by atoms with Crippen LogP contribution in [0, 0.1) is 5.41 Å². The van der Waals surface area contributed by atoms with Gasteiger partial charge in [-0.1, -0.05) is 32.0 Å². The molecule has 0 aromatic heterocycles. The second-order valence-corrected chi connectivity index (χ2v) is 5.99. The predicted molar refractivity (Wildman–Crippen MR) is 72.7 cm³/mol. The Balaban J connectivity index is 1.85. The zero-order chi connectivity index (χ0) is 11.9. The highest BCUT2D eigenvalue weighted by atomic mass is 15.2. The lowest BCUT2D eigenvalue weighted by Gasteiger charge is -2.39. The highest BCUT2D eigenvalue weighted by molar-refractivity contribution is 5.56. The molecular weight excluding hydrogens is 208 g/mol. The fraction of sp³-hybridized carbons (Fsp3) is 0.600. The van der Waals surface area contributed by atoms with Crippen molar-refractivity contribution in [3.05, 3.63) is 29.8 Å². The largest absolute Gasteiger partial charge is 0.371 e. The Kier molecular flexibility index (Phi) is 2.62. The summed E-state index contributed by atoms with van der Waals surface area (Å²) >= 11 is 0. The van der Waals surface area contributed by atoms with Crippen LogP contribution in [-0.4, -0.2) is 26.2 Å². The number of rotatable bonds is 2. The highest BCUT2D eigenvalue weighted by Gasteiger charge is 2.43. The molecule has 2 saturated heterocycles. The van der Waals surface area contributed by atoms with Crippen LogP contribution in [0.25, 0.3) is 0 Å². The molecule has 2 aliphatic heterocycles. The molecule has 92 valence electrons. The minimum atomic E-state index is 0.587. The third kappa shape index (κ3) is 1.85. The smallest absolute Gasteiger partial charge is 0.0401 e. The summed E-state index contributed by atoms with van der Waals surface area (Å²) in [6.45, 7) is 9.47. The van der Waals surface area contributed by atoms with E-state index in [2.05, 4.69) is 48.3 Å². The Labute approximate surface area is 104 Å². The highest BCUT2D eigenvalue weighted by Crippen LogP contribution is 2.38. The molecule has 1 spiro atoms. The lowest BCUT2D eigenvalue weighted by Crippen LogP contribution is -2.54. The Morgan fingerprint density at radius 2 is 2.00 bits per heavy atom. The van der Waals surface area contributed by atoms with E-state index in [4.69, 9.17) is 0 Å². The van der Waals surface area contributed by atoms with Gasteiger partial charge in [-0.3, -0.25) is 0 Å². The van der Waals surface area contributed by atoms with Crippen LogP contribution in [0.1, 0.15) is 31.7 Å². The number of anilines is 1. The zero-order valence-corrected chi connectivity index (χ0v) is 10.9. The Morgan fingerprint density at radius 3 is 2.59 bits per heavy atom. The summed E-state index contributed by atoms with van der Waals surface area (Å²) in [6.07, 6.45) is 1.35. The molecule has 0 saturated carbocycles. The van der Waals surface area contributed by atoms with Gasteiger partial charge in [-0.15, -0.1) is 0 Å². The van der Waals surface area contributed by atoms with Gasteiger partial charge in [-0.2, -0.15) is 0 Å². The van der Waals surface area contributed by atoms with E-state index in [-0.39, 0.29) is 0 Å². The summed E-state index contributed by atoms with van der Waals surface area (Å²) in [5.41, 5.74) is 3.55. The molecule has 2 aliphatic rings. The Hall–Kier alpha value is -1.02. The van der Waals surface area contributed by atoms with Crippen LogP contribution in [0.4, 0.5) is 5.69 Å². The van der Waals surface area contributed by atoms with E-state index in [1.165, 1.54) is 43.9 Å². The van der Waals surface area contributed by atoms with Gasteiger partial charge in [0.25, 0.3) is 0 Å². The monoisotopic (exact) mass is 230 g/mol. The van der Waals surface area contributed by atoms with Crippen molar-refractivity contribution in [3.8, 4) is 0 Å². The molecule has 0 amide bonds. The number of hydrogen-bond acceptors (Lipinski definition) is 2. The summed E-state index contributed by atoms with van der Waals surface area (Å²) in [6, 6.07) is 8.91. The average Bonchev–Trinajstić information content (AvgIpc) is 2.73. The fourth-order valence-corrected chi connectivity index (χ4v) is 3.17. The standard InChI is InChI=1S/C15H22N2/c1-12(2)13-5-3-4-6-14(13)17-8-7-15(11-17)9-16-10-15/h3-6,12,16H,7-11H2,1-2H3. The van der Waals surface area contributed by atoms with Crippen LogP contribution in [0.5, 0.6) is 0 Å². The fourth-order valence-electron chi connectivity index (χ4n) is 3.17. The number of benzene rings is 1. The van der Waals surface area contributed by atoms with Crippen molar-refractivity contribution in [2.75, 3.05) is 31.1 Å². The third-order valence-corrected chi connectivity index (χ3v) is 4.34. The van der Waals surface area contributed by atoms with Crippen molar-refractivity contribution in [1.29, 1.82) is 0 Å². The van der Waals surface area contributed by atoms with Gasteiger partial charge >= 0.3 is 0 Å². The van der Waals surface area contributed by atoms with E-state index >= 15 is 0 Å². The molecule has 1 aromatic rings. The van der Waals surface area contributed by atoms with E-state index in [9.17, 15) is 0 Å². The van der Waals surface area contributed by atoms with Gasteiger partial charge in [-0.05, 0) is 24.0 Å². The minimum absolute atomic E-state index is 0.587. The van der Waals surface area contributed by atoms with Crippen LogP contribution >= 0.6 is 0 Å². The maximum absolute atomic E-state index is 3.43. The second kappa shape index (κ2) is 4.02. The SMILES string of the molecule is CC(C)c1ccccc1N1CCC2(CNC2)C1. The Bertz CT molecular complexity index is 407. The first kappa shape index (κ1) is 11.1. The van der Waals surface area contributed by atoms with E-state index in [1.807, 2.05) is 0 Å². The van der Waals surface area contributed by atoms with Crippen LogP contribution < -0.4 is 10.2 Å². The van der Waals surface area contributed by atoms with Crippen molar-refractivity contribution < 1.29 is 0 Å². The van der Waals surface area contributed by atoms with Crippen molar-refractivity contribution >= 4 is 5.69 Å². The van der Waals surface area contributed by atoms with Gasteiger partial charge in [0.05, 0.1) is 0 Å². The summed E-state index contributed by atoms with van der Waals surface area (Å²) in [4.78, 5) is 2.59. The molecule has 0 atom stereocenters. The summed E-state index contributed by atoms with van der Waals surface area (Å²) in [5, 5.41) is 3.43. The van der Waals surface area contributed by atoms with Crippen molar-refractivity contribution in [1.82, 2.24) is 5.32 Å². The molecule has 2 fully saturated rings. The molecule has 17 heavy (non-hydrogen) atoms. The number of hydrogen-bond donors (Lipinski definition) is 1. The van der Waals surface area contributed by atoms with Gasteiger partial charge in [0.1, 0.15) is 0 Å². The van der Waals surface area contributed by atoms with Gasteiger partial charge in [0.2, 0.25) is 0 Å². The molecule has 0 radical (unpaired) electrons. The van der Waals surface area contributed by atoms with E-state index < -0.39 is 0 Å². The topological polar surface area (TPSA) is 15.3 Å². The quantitative estimate of drug-likeness (QED) is 0.840. The summed E-state index contributed by atoms with van der Waals surface area (Å²) < 4.78 is 0. The van der Waals surface area contributed by atoms with E-state index in [1.54, 1.807) is 0 Å². The molecular formula is C15H22N2. The maximum Gasteiger partial charge on any atom is 0.0401 e. The zero-order valence-electron chi connectivity index (χ0n) is 10.9. The first-order valence-electron chi connectivity index (χ1n) is 6.75. The molecule has 2 heteroatoms. The van der Waals surface area contributed by atoms with Crippen LogP contribution in [-0.2, 0) is 0 Å². The summed E-state index contributed by atoms with van der Waals surface area (Å²) in [7, 11) is 0. The molecule has 2 nitrogen and oxygen atoms in total. The third-order valence-electron chi connectivity index (χ3n) is 4.34. The van der Waals surface area contributed by atoms with Gasteiger partial charge < -0.3 is 10.2 Å². The normalized spacial score (nSPS) is 22.2. The number of nitrogens with zero attached hydrogens (tertiary/aromatic N) is 1. The van der Waals surface area contributed by atoms with Crippen LogP contribution in [0.2, 0.25) is 0 Å². The Morgan fingerprint density at radius 1 is 1.24 bits per heavy atom. The first-order valence-corrected chi connectivity index (χ1v) is 6.75. The second-order valence-electron chi connectivity index (χ2n) is 5.99. The molecule has 1 N–H and O–H groups in total. The first-order chi connectivity index (χ1) is 8.20. The lowest BCUT2D eigenvalue weighted by molar-refractivity contribution is 0.200. The molecule has 1 aromatic carbocycles. The van der Waals surface area contributed by atoms with Crippen molar-refractivity contribution in [2.45, 2.75) is 26.2 Å². The summed E-state index contributed by atoms with van der Waals surface area (Å²) in [5.74, 6) is 0.613. The number of para-hydroxylation sites is 1. The predicted octanol–water partition coefficient (Wildman–Crippen LogP) is 2.61. The lowest BCUT2D eigenvalue weighted by atomic mass is 9.81. The number of nitrogens with one attached hydrogen (secondary N) is 1. The minimum Gasteiger partial charge on any atom is -0.371 e. The molecule has 0 unspecified atom stereocenters. The molecule has 0 aliphatic carbocycles. The molecule has 2 heterocycles. The molecule has 3 rings (SSSR count). The van der Waals surface area contributed by atoms with Crippen LogP contribution in [0.15, 0.2) is 24.3 Å². The van der Waals surface area contributed by atoms with Gasteiger partial charge in [-0.25, -0.2) is 0 Å². The van der Waals surface area contributed by atoms with Gasteiger partial charge in [0.15, 0.2) is 0 Å². The maximum atomic E-state index is 3.43. The van der Waals surface area contributed by atoms with Crippen LogP contribution in [0.3, 0.4) is 0 Å². The van der Waals surface area contributed by atoms with E-state index in [0.717, 1.165) is 0 Å².